The van der Waals surface area contributed by atoms with Crippen LogP contribution in [0.5, 0.6) is 0 Å². The van der Waals surface area contributed by atoms with Gasteiger partial charge in [-0.1, -0.05) is 18.2 Å². The molecule has 2 aliphatic heterocycles. The van der Waals surface area contributed by atoms with E-state index in [0.29, 0.717) is 13.1 Å². The normalized spacial score (nSPS) is 28.3. The zero-order chi connectivity index (χ0) is 15.5. The molecule has 0 spiro atoms. The quantitative estimate of drug-likeness (QED) is 0.762. The second kappa shape index (κ2) is 6.73. The molecule has 120 valence electrons. The largest absolute Gasteiger partial charge is 0.337 e. The molecule has 1 aromatic carbocycles. The Morgan fingerprint density at radius 1 is 1.45 bits per heavy atom. The van der Waals surface area contributed by atoms with Crippen molar-refractivity contribution in [2.75, 3.05) is 26.7 Å². The first-order valence-corrected chi connectivity index (χ1v) is 7.89. The lowest BCUT2D eigenvalue weighted by Crippen LogP contribution is -2.51. The minimum absolute atomic E-state index is 0.0363. The van der Waals surface area contributed by atoms with E-state index in [2.05, 4.69) is 16.2 Å². The van der Waals surface area contributed by atoms with Crippen molar-refractivity contribution in [3.8, 4) is 0 Å². The molecule has 1 amide bonds. The lowest BCUT2D eigenvalue weighted by atomic mass is 9.87. The van der Waals surface area contributed by atoms with Gasteiger partial charge in [0.1, 0.15) is 5.82 Å². The number of likely N-dealkylation sites (tertiary alicyclic amines) is 1. The van der Waals surface area contributed by atoms with Crippen molar-refractivity contribution < 1.29 is 9.18 Å². The van der Waals surface area contributed by atoms with Gasteiger partial charge >= 0.3 is 0 Å². The molecule has 0 aliphatic carbocycles. The Morgan fingerprint density at radius 2 is 2.27 bits per heavy atom. The van der Waals surface area contributed by atoms with Gasteiger partial charge < -0.3 is 10.2 Å². The molecule has 3 unspecified atom stereocenters. The van der Waals surface area contributed by atoms with Crippen molar-refractivity contribution in [2.45, 2.75) is 30.8 Å². The van der Waals surface area contributed by atoms with Crippen LogP contribution in [0.3, 0.4) is 0 Å². The third-order valence-electron chi connectivity index (χ3n) is 4.69. The van der Waals surface area contributed by atoms with Crippen LogP contribution in [0.1, 0.15) is 24.3 Å². The lowest BCUT2D eigenvalue weighted by Gasteiger charge is -2.32. The summed E-state index contributed by atoms with van der Waals surface area (Å²) in [5.74, 6) is -0.0192. The summed E-state index contributed by atoms with van der Waals surface area (Å²) in [6.45, 7) is 1.81. The summed E-state index contributed by atoms with van der Waals surface area (Å²) in [4.78, 5) is 14.2. The number of hydrogen-bond acceptors (Lipinski definition) is 4. The first-order chi connectivity index (χ1) is 10.7. The molecule has 2 aliphatic rings. The molecule has 0 bridgehead atoms. The van der Waals surface area contributed by atoms with Gasteiger partial charge in [0.25, 0.3) is 0 Å². The number of rotatable bonds is 4. The smallest absolute Gasteiger partial charge is 0.236 e. The van der Waals surface area contributed by atoms with E-state index in [4.69, 9.17) is 0 Å². The van der Waals surface area contributed by atoms with E-state index in [9.17, 15) is 9.18 Å². The molecule has 0 saturated carbocycles. The predicted octanol–water partition coefficient (Wildman–Crippen LogP) is 0.596. The fraction of sp³-hybridized carbons (Fsp3) is 0.562. The van der Waals surface area contributed by atoms with E-state index in [1.165, 1.54) is 6.07 Å². The molecule has 1 aromatic rings. The molecule has 0 aromatic heterocycles. The molecule has 0 radical (unpaired) electrons. The minimum atomic E-state index is -0.172. The second-order valence-electron chi connectivity index (χ2n) is 6.01. The first-order valence-electron chi connectivity index (χ1n) is 7.89. The number of amides is 1. The summed E-state index contributed by atoms with van der Waals surface area (Å²) in [5.41, 5.74) is 7.14. The highest BCUT2D eigenvalue weighted by Gasteiger charge is 2.41. The Morgan fingerprint density at radius 3 is 3.05 bits per heavy atom. The third kappa shape index (κ3) is 2.86. The van der Waals surface area contributed by atoms with Gasteiger partial charge in [-0.25, -0.2) is 4.39 Å². The Labute approximate surface area is 130 Å². The Balaban J connectivity index is 1.81. The van der Waals surface area contributed by atoms with Gasteiger partial charge in [0, 0.05) is 31.1 Å². The van der Waals surface area contributed by atoms with Gasteiger partial charge in [0.2, 0.25) is 5.91 Å². The standard InChI is InChI=1S/C16H23FN4O/c1-18-10-15(22)21-8-4-7-14(21)16-12(9-19-20-16)11-5-2-3-6-13(11)17/h2-3,5-6,12,14,16,18-20H,4,7-10H2,1H3. The molecule has 2 saturated heterocycles. The van der Waals surface area contributed by atoms with Gasteiger partial charge in [0.15, 0.2) is 0 Å². The average molecular weight is 306 g/mol. The van der Waals surface area contributed by atoms with Gasteiger partial charge in [-0.3, -0.25) is 15.6 Å². The maximum Gasteiger partial charge on any atom is 0.236 e. The van der Waals surface area contributed by atoms with Crippen LogP contribution in [0, 0.1) is 5.82 Å². The Hall–Kier alpha value is -1.50. The summed E-state index contributed by atoms with van der Waals surface area (Å²) in [6.07, 6.45) is 1.96. The maximum absolute atomic E-state index is 14.1. The molecular formula is C16H23FN4O. The number of halogens is 1. The molecule has 3 rings (SSSR count). The van der Waals surface area contributed by atoms with Crippen LogP contribution in [0.25, 0.3) is 0 Å². The lowest BCUT2D eigenvalue weighted by molar-refractivity contribution is -0.131. The number of carbonyl (C=O) groups is 1. The van der Waals surface area contributed by atoms with E-state index >= 15 is 0 Å². The van der Waals surface area contributed by atoms with Gasteiger partial charge in [-0.05, 0) is 31.5 Å². The van der Waals surface area contributed by atoms with E-state index < -0.39 is 0 Å². The third-order valence-corrected chi connectivity index (χ3v) is 4.69. The van der Waals surface area contributed by atoms with Crippen molar-refractivity contribution >= 4 is 5.91 Å². The number of hydrogen-bond donors (Lipinski definition) is 3. The molecule has 5 nitrogen and oxygen atoms in total. The topological polar surface area (TPSA) is 56.4 Å². The second-order valence-corrected chi connectivity index (χ2v) is 6.01. The molecule has 22 heavy (non-hydrogen) atoms. The molecule has 3 N–H and O–H groups in total. The van der Waals surface area contributed by atoms with Crippen LogP contribution in [0.4, 0.5) is 4.39 Å². The van der Waals surface area contributed by atoms with Gasteiger partial charge in [0.05, 0.1) is 6.54 Å². The van der Waals surface area contributed by atoms with Crippen LogP contribution < -0.4 is 16.2 Å². The highest BCUT2D eigenvalue weighted by molar-refractivity contribution is 5.79. The average Bonchev–Trinajstić information content (AvgIpc) is 3.16. The fourth-order valence-corrected chi connectivity index (χ4v) is 3.69. The van der Waals surface area contributed by atoms with Crippen LogP contribution >= 0.6 is 0 Å². The van der Waals surface area contributed by atoms with E-state index in [1.807, 2.05) is 17.0 Å². The zero-order valence-electron chi connectivity index (χ0n) is 12.8. The van der Waals surface area contributed by atoms with Crippen molar-refractivity contribution in [3.05, 3.63) is 35.6 Å². The van der Waals surface area contributed by atoms with Gasteiger partial charge in [-0.2, -0.15) is 0 Å². The molecule has 6 heteroatoms. The summed E-state index contributed by atoms with van der Waals surface area (Å²) in [5, 5.41) is 2.92. The number of carbonyl (C=O) groups excluding carboxylic acids is 1. The van der Waals surface area contributed by atoms with Crippen molar-refractivity contribution in [3.63, 3.8) is 0 Å². The Kier molecular flexibility index (Phi) is 4.71. The van der Waals surface area contributed by atoms with E-state index in [-0.39, 0.29) is 29.7 Å². The maximum atomic E-state index is 14.1. The van der Waals surface area contributed by atoms with Crippen LogP contribution in [-0.4, -0.2) is 49.6 Å². The summed E-state index contributed by atoms with van der Waals surface area (Å²) in [6, 6.07) is 7.08. The first kappa shape index (κ1) is 15.4. The van der Waals surface area contributed by atoms with Crippen molar-refractivity contribution in [2.24, 2.45) is 0 Å². The number of nitrogens with zero attached hydrogens (tertiary/aromatic N) is 1. The highest BCUT2D eigenvalue weighted by Crippen LogP contribution is 2.32. The summed E-state index contributed by atoms with van der Waals surface area (Å²) >= 11 is 0. The zero-order valence-corrected chi connectivity index (χ0v) is 12.8. The number of nitrogens with one attached hydrogen (secondary N) is 3. The molecule has 2 fully saturated rings. The van der Waals surface area contributed by atoms with Crippen molar-refractivity contribution in [1.82, 2.24) is 21.1 Å². The molecule has 3 atom stereocenters. The minimum Gasteiger partial charge on any atom is -0.337 e. The van der Waals surface area contributed by atoms with Crippen LogP contribution in [0.15, 0.2) is 24.3 Å². The van der Waals surface area contributed by atoms with Crippen LogP contribution in [-0.2, 0) is 4.79 Å². The summed E-state index contributed by atoms with van der Waals surface area (Å²) in [7, 11) is 1.78. The summed E-state index contributed by atoms with van der Waals surface area (Å²) < 4.78 is 14.1. The highest BCUT2D eigenvalue weighted by atomic mass is 19.1. The predicted molar refractivity (Wildman–Crippen MR) is 82.7 cm³/mol. The molecular weight excluding hydrogens is 283 g/mol. The SMILES string of the molecule is CNCC(=O)N1CCCC1C1NNCC1c1ccccc1F. The monoisotopic (exact) mass is 306 g/mol. The number of benzene rings is 1. The van der Waals surface area contributed by atoms with E-state index in [1.54, 1.807) is 13.1 Å². The molecule has 2 heterocycles. The Bertz CT molecular complexity index is 539. The van der Waals surface area contributed by atoms with E-state index in [0.717, 1.165) is 24.9 Å². The number of hydrazine groups is 1. The fourth-order valence-electron chi connectivity index (χ4n) is 3.69. The number of likely N-dealkylation sites (N-methyl/N-ethyl adjacent to an activating group) is 1. The van der Waals surface area contributed by atoms with Crippen LogP contribution in [0.2, 0.25) is 0 Å². The van der Waals surface area contributed by atoms with Gasteiger partial charge in [-0.15, -0.1) is 0 Å². The van der Waals surface area contributed by atoms with Crippen molar-refractivity contribution in [1.29, 1.82) is 0 Å².